The van der Waals surface area contributed by atoms with E-state index in [0.717, 1.165) is 62.7 Å². The van der Waals surface area contributed by atoms with E-state index in [4.69, 9.17) is 0 Å². The Morgan fingerprint density at radius 2 is 1.74 bits per heavy atom. The topological polar surface area (TPSA) is 98.8 Å². The Bertz CT molecular complexity index is 1220. The number of amides is 1. The summed E-state index contributed by atoms with van der Waals surface area (Å²) in [5, 5.41) is 12.7. The molecule has 0 radical (unpaired) electrons. The van der Waals surface area contributed by atoms with E-state index in [2.05, 4.69) is 35.7 Å². The average Bonchev–Trinajstić information content (AvgIpc) is 3.50. The summed E-state index contributed by atoms with van der Waals surface area (Å²) in [6.45, 7) is 1.96. The minimum Gasteiger partial charge on any atom is -0.357 e. The number of aromatic amines is 1. The number of carbonyl (C=O) groups excluding carboxylic acids is 1. The van der Waals surface area contributed by atoms with Crippen LogP contribution in [0.3, 0.4) is 0 Å². The van der Waals surface area contributed by atoms with Crippen LogP contribution in [0.5, 0.6) is 0 Å². The highest BCUT2D eigenvalue weighted by Gasteiger charge is 2.32. The number of alkyl halides is 3. The van der Waals surface area contributed by atoms with Gasteiger partial charge in [-0.25, -0.2) is 4.98 Å². The minimum atomic E-state index is -4.51. The molecular weight excluding hydrogens is 459 g/mol. The van der Waals surface area contributed by atoms with Crippen LogP contribution in [0.4, 0.5) is 30.4 Å². The van der Waals surface area contributed by atoms with E-state index in [1.54, 1.807) is 12.3 Å². The highest BCUT2D eigenvalue weighted by molar-refractivity contribution is 6.07. The Morgan fingerprint density at radius 1 is 0.943 bits per heavy atom. The lowest BCUT2D eigenvalue weighted by Gasteiger charge is -2.23. The van der Waals surface area contributed by atoms with Gasteiger partial charge in [0.2, 0.25) is 0 Å². The number of aromatic nitrogens is 4. The molecule has 3 N–H and O–H groups in total. The molecule has 4 heterocycles. The Balaban J connectivity index is 1.32. The molecule has 11 heteroatoms. The summed E-state index contributed by atoms with van der Waals surface area (Å²) in [5.41, 5.74) is 2.42. The molecule has 2 fully saturated rings. The smallest absolute Gasteiger partial charge is 0.357 e. The van der Waals surface area contributed by atoms with E-state index in [9.17, 15) is 18.0 Å². The molecule has 0 unspecified atom stereocenters. The highest BCUT2D eigenvalue weighted by Crippen LogP contribution is 2.35. The lowest BCUT2D eigenvalue weighted by atomic mass is 9.88. The first-order valence-corrected chi connectivity index (χ1v) is 11.5. The fourth-order valence-electron chi connectivity index (χ4n) is 4.15. The van der Waals surface area contributed by atoms with Gasteiger partial charge in [-0.3, -0.25) is 14.9 Å². The van der Waals surface area contributed by atoms with Crippen LogP contribution in [0.2, 0.25) is 0 Å². The van der Waals surface area contributed by atoms with E-state index in [0.29, 0.717) is 22.6 Å². The molecule has 0 atom stereocenters. The predicted octanol–water partition coefficient (Wildman–Crippen LogP) is 5.08. The number of nitrogens with one attached hydrogen (secondary N) is 3. The molecule has 2 aliphatic rings. The van der Waals surface area contributed by atoms with E-state index in [1.165, 1.54) is 18.5 Å². The van der Waals surface area contributed by atoms with E-state index in [1.807, 2.05) is 6.07 Å². The molecule has 1 saturated heterocycles. The zero-order valence-corrected chi connectivity index (χ0v) is 18.8. The van der Waals surface area contributed by atoms with Gasteiger partial charge in [-0.05, 0) is 61.9 Å². The summed E-state index contributed by atoms with van der Waals surface area (Å²) in [7, 11) is 0. The Labute approximate surface area is 199 Å². The van der Waals surface area contributed by atoms with Gasteiger partial charge in [-0.2, -0.15) is 18.3 Å². The summed E-state index contributed by atoms with van der Waals surface area (Å²) < 4.78 is 38.8. The van der Waals surface area contributed by atoms with Crippen molar-refractivity contribution in [2.75, 3.05) is 28.6 Å². The van der Waals surface area contributed by atoms with Gasteiger partial charge in [0.1, 0.15) is 17.2 Å². The summed E-state index contributed by atoms with van der Waals surface area (Å²) in [5.74, 6) is 0.468. The maximum absolute atomic E-state index is 12.9. The van der Waals surface area contributed by atoms with Gasteiger partial charge >= 0.3 is 6.18 Å². The second-order valence-corrected chi connectivity index (χ2v) is 8.60. The predicted molar refractivity (Wildman–Crippen MR) is 126 cm³/mol. The fraction of sp³-hybridized carbons (Fsp3) is 0.333. The fourth-order valence-corrected chi connectivity index (χ4v) is 4.15. The maximum Gasteiger partial charge on any atom is 0.433 e. The van der Waals surface area contributed by atoms with E-state index in [-0.39, 0.29) is 5.69 Å². The monoisotopic (exact) mass is 483 g/mol. The normalized spacial score (nSPS) is 15.6. The van der Waals surface area contributed by atoms with Crippen molar-refractivity contribution in [3.8, 4) is 0 Å². The molecule has 1 amide bonds. The van der Waals surface area contributed by atoms with Crippen LogP contribution in [0.25, 0.3) is 5.70 Å². The molecule has 5 rings (SSSR count). The first-order valence-electron chi connectivity index (χ1n) is 11.5. The summed E-state index contributed by atoms with van der Waals surface area (Å²) in [4.78, 5) is 23.2. The molecular formula is C24H24F3N7O. The Kier molecular flexibility index (Phi) is 6.14. The highest BCUT2D eigenvalue weighted by atomic mass is 19.4. The number of carbonyl (C=O) groups is 1. The van der Waals surface area contributed by atoms with Gasteiger partial charge in [-0.15, -0.1) is 0 Å². The van der Waals surface area contributed by atoms with Crippen molar-refractivity contribution in [1.82, 2.24) is 20.2 Å². The van der Waals surface area contributed by atoms with Crippen LogP contribution in [-0.2, 0) is 6.18 Å². The van der Waals surface area contributed by atoms with Crippen LogP contribution in [0.1, 0.15) is 53.8 Å². The SMILES string of the molecule is O=C(Nc1ccc(N2CCCC2)nc1)c1[nH]ncc1NC(=C1CCC1)c1ccc(C(F)(F)F)nc1. The number of H-pyrrole nitrogens is 1. The zero-order chi connectivity index (χ0) is 24.4. The second kappa shape index (κ2) is 9.40. The lowest BCUT2D eigenvalue weighted by molar-refractivity contribution is -0.141. The molecule has 3 aromatic rings. The number of nitrogens with zero attached hydrogens (tertiary/aromatic N) is 4. The third-order valence-electron chi connectivity index (χ3n) is 6.22. The van der Waals surface area contributed by atoms with Gasteiger partial charge in [0, 0.05) is 30.5 Å². The molecule has 35 heavy (non-hydrogen) atoms. The summed E-state index contributed by atoms with van der Waals surface area (Å²) in [6, 6.07) is 6.02. The third kappa shape index (κ3) is 4.98. The maximum atomic E-state index is 12.9. The number of pyridine rings is 2. The third-order valence-corrected chi connectivity index (χ3v) is 6.22. The van der Waals surface area contributed by atoms with Crippen molar-refractivity contribution in [3.05, 3.63) is 65.4 Å². The first-order chi connectivity index (χ1) is 16.9. The minimum absolute atomic E-state index is 0.200. The first kappa shape index (κ1) is 22.9. The quantitative estimate of drug-likeness (QED) is 0.452. The van der Waals surface area contributed by atoms with Crippen molar-refractivity contribution in [1.29, 1.82) is 0 Å². The standard InChI is InChI=1S/C24H24F3N7O/c25-24(26,27)19-8-6-16(12-28-19)21(15-4-3-5-15)32-18-14-30-33-22(18)23(35)31-17-7-9-20(29-13-17)34-10-1-2-11-34/h6-9,12-14,32H,1-5,10-11H2,(H,30,33)(H,31,35). The van der Waals surface area contributed by atoms with Crippen molar-refractivity contribution in [2.45, 2.75) is 38.3 Å². The van der Waals surface area contributed by atoms with Crippen molar-refractivity contribution in [3.63, 3.8) is 0 Å². The summed E-state index contributed by atoms with van der Waals surface area (Å²) in [6.07, 6.45) is 4.71. The van der Waals surface area contributed by atoms with Gasteiger partial charge < -0.3 is 15.5 Å². The van der Waals surface area contributed by atoms with Crippen molar-refractivity contribution >= 4 is 28.8 Å². The van der Waals surface area contributed by atoms with Gasteiger partial charge in [0.05, 0.1) is 23.8 Å². The molecule has 8 nitrogen and oxygen atoms in total. The second-order valence-electron chi connectivity index (χ2n) is 8.60. The molecule has 0 spiro atoms. The van der Waals surface area contributed by atoms with Crippen LogP contribution >= 0.6 is 0 Å². The molecule has 3 aromatic heterocycles. The van der Waals surface area contributed by atoms with Crippen LogP contribution in [0, 0.1) is 0 Å². The average molecular weight is 483 g/mol. The number of hydrogen-bond donors (Lipinski definition) is 3. The molecule has 0 aromatic carbocycles. The van der Waals surface area contributed by atoms with Crippen LogP contribution in [0.15, 0.2) is 48.4 Å². The summed E-state index contributed by atoms with van der Waals surface area (Å²) >= 11 is 0. The Hall–Kier alpha value is -3.89. The molecule has 1 saturated carbocycles. The number of halogens is 3. The van der Waals surface area contributed by atoms with Crippen molar-refractivity contribution < 1.29 is 18.0 Å². The molecule has 182 valence electrons. The van der Waals surface area contributed by atoms with E-state index >= 15 is 0 Å². The number of rotatable bonds is 6. The lowest BCUT2D eigenvalue weighted by Crippen LogP contribution is -2.19. The number of hydrogen-bond acceptors (Lipinski definition) is 6. The van der Waals surface area contributed by atoms with Gasteiger partial charge in [0.15, 0.2) is 0 Å². The number of allylic oxidation sites excluding steroid dienone is 1. The Morgan fingerprint density at radius 3 is 2.34 bits per heavy atom. The van der Waals surface area contributed by atoms with Crippen LogP contribution in [-0.4, -0.2) is 39.2 Å². The van der Waals surface area contributed by atoms with Gasteiger partial charge in [0.25, 0.3) is 5.91 Å². The van der Waals surface area contributed by atoms with Crippen molar-refractivity contribution in [2.24, 2.45) is 0 Å². The molecule has 1 aliphatic carbocycles. The largest absolute Gasteiger partial charge is 0.433 e. The zero-order valence-electron chi connectivity index (χ0n) is 18.8. The molecule has 1 aliphatic heterocycles. The van der Waals surface area contributed by atoms with Crippen LogP contribution < -0.4 is 15.5 Å². The molecule has 0 bridgehead atoms. The van der Waals surface area contributed by atoms with E-state index < -0.39 is 17.8 Å². The number of anilines is 3. The van der Waals surface area contributed by atoms with Gasteiger partial charge in [-0.1, -0.05) is 0 Å².